The van der Waals surface area contributed by atoms with Crippen molar-refractivity contribution in [3.8, 4) is 0 Å². The second-order valence-corrected chi connectivity index (χ2v) is 7.52. The van der Waals surface area contributed by atoms with Gasteiger partial charge in [-0.05, 0) is 67.6 Å². The van der Waals surface area contributed by atoms with Gasteiger partial charge in [0.1, 0.15) is 6.04 Å². The normalized spacial score (nSPS) is 12.7. The van der Waals surface area contributed by atoms with Crippen molar-refractivity contribution in [3.63, 3.8) is 0 Å². The quantitative estimate of drug-likeness (QED) is 0.605. The maximum Gasteiger partial charge on any atom is 0.438 e. The number of anilines is 1. The van der Waals surface area contributed by atoms with E-state index in [9.17, 15) is 22.8 Å². The Labute approximate surface area is 177 Å². The minimum absolute atomic E-state index is 0.0218. The van der Waals surface area contributed by atoms with E-state index >= 15 is 0 Å². The van der Waals surface area contributed by atoms with E-state index in [1.165, 1.54) is 6.07 Å². The third kappa shape index (κ3) is 4.47. The number of carbonyl (C=O) groups is 1. The molecule has 0 fully saturated rings. The summed E-state index contributed by atoms with van der Waals surface area (Å²) in [6.07, 6.45) is -3.97. The number of rotatable bonds is 5. The first kappa shape index (κ1) is 22.5. The average molecular weight is 431 g/mol. The molecule has 0 bridgehead atoms. The highest BCUT2D eigenvalue weighted by Crippen LogP contribution is 2.29. The highest BCUT2D eigenvalue weighted by Gasteiger charge is 2.38. The van der Waals surface area contributed by atoms with Crippen LogP contribution in [0, 0.1) is 13.8 Å². The van der Waals surface area contributed by atoms with Crippen LogP contribution in [0.3, 0.4) is 0 Å². The van der Waals surface area contributed by atoms with Gasteiger partial charge in [0.05, 0.1) is 11.0 Å². The number of benzene rings is 2. The van der Waals surface area contributed by atoms with E-state index < -0.39 is 29.4 Å². The third-order valence-corrected chi connectivity index (χ3v) is 5.40. The molecule has 1 N–H and O–H groups in total. The second kappa shape index (κ2) is 8.53. The second-order valence-electron chi connectivity index (χ2n) is 7.52. The molecule has 0 radical (unpaired) electrons. The van der Waals surface area contributed by atoms with Crippen molar-refractivity contribution in [2.45, 2.75) is 52.8 Å². The molecule has 1 atom stereocenters. The molecule has 1 amide bonds. The summed E-state index contributed by atoms with van der Waals surface area (Å²) in [5.41, 5.74) is 0.489. The van der Waals surface area contributed by atoms with Crippen LogP contribution in [0.2, 0.25) is 0 Å². The Bertz CT molecular complexity index is 1180. The Morgan fingerprint density at radius 1 is 1.10 bits per heavy atom. The smallest absolute Gasteiger partial charge is 0.324 e. The van der Waals surface area contributed by atoms with Crippen molar-refractivity contribution < 1.29 is 18.0 Å². The summed E-state index contributed by atoms with van der Waals surface area (Å²) in [6.45, 7) is 7.20. The summed E-state index contributed by atoms with van der Waals surface area (Å²) in [7, 11) is 0. The van der Waals surface area contributed by atoms with Crippen LogP contribution in [0.4, 0.5) is 18.9 Å². The zero-order valence-corrected chi connectivity index (χ0v) is 17.8. The Morgan fingerprint density at radius 3 is 2.26 bits per heavy atom. The predicted molar refractivity (Wildman–Crippen MR) is 114 cm³/mol. The lowest BCUT2D eigenvalue weighted by Gasteiger charge is -2.22. The van der Waals surface area contributed by atoms with Crippen LogP contribution in [0.15, 0.2) is 41.2 Å². The van der Waals surface area contributed by atoms with E-state index in [-0.39, 0.29) is 17.5 Å². The van der Waals surface area contributed by atoms with Crippen LogP contribution < -0.4 is 10.9 Å². The summed E-state index contributed by atoms with van der Waals surface area (Å²) in [6, 6.07) is 9.15. The fourth-order valence-corrected chi connectivity index (χ4v) is 3.49. The first-order chi connectivity index (χ1) is 14.6. The minimum atomic E-state index is -4.93. The molecule has 0 aliphatic rings. The first-order valence-electron chi connectivity index (χ1n) is 10.1. The molecule has 8 heteroatoms. The lowest BCUT2D eigenvalue weighted by atomic mass is 10.1. The highest BCUT2D eigenvalue weighted by atomic mass is 19.4. The first-order valence-corrected chi connectivity index (χ1v) is 10.1. The fourth-order valence-electron chi connectivity index (χ4n) is 3.49. The summed E-state index contributed by atoms with van der Waals surface area (Å²) in [4.78, 5) is 29.5. The topological polar surface area (TPSA) is 64.0 Å². The number of alkyl halides is 3. The van der Waals surface area contributed by atoms with Gasteiger partial charge in [-0.15, -0.1) is 0 Å². The standard InChI is InChI=1S/C23H24F3N3O2/c1-5-15-7-9-16(10-8-15)27-21(30)18(6-2)29-19-12-14(4)13(3)11-17(19)28-20(22(29)31)23(24,25)26/h7-12,18H,5-6H2,1-4H3,(H,27,30)/t18-/m1/s1. The maximum atomic E-state index is 13.5. The molecular weight excluding hydrogens is 407 g/mol. The van der Waals surface area contributed by atoms with Crippen LogP contribution in [0.25, 0.3) is 11.0 Å². The number of aromatic nitrogens is 2. The largest absolute Gasteiger partial charge is 0.438 e. The number of fused-ring (bicyclic) bond motifs is 1. The van der Waals surface area contributed by atoms with E-state index in [1.54, 1.807) is 39.0 Å². The Balaban J connectivity index is 2.16. The van der Waals surface area contributed by atoms with E-state index in [2.05, 4.69) is 10.3 Å². The molecule has 2 aromatic carbocycles. The van der Waals surface area contributed by atoms with Gasteiger partial charge in [-0.2, -0.15) is 13.2 Å². The SMILES string of the molecule is CCc1ccc(NC(=O)[C@@H](CC)n2c(=O)c(C(F)(F)F)nc3cc(C)c(C)cc32)cc1. The molecule has 0 saturated carbocycles. The van der Waals surface area contributed by atoms with Gasteiger partial charge in [0.2, 0.25) is 11.6 Å². The summed E-state index contributed by atoms with van der Waals surface area (Å²) in [5, 5.41) is 2.72. The molecule has 0 aliphatic carbocycles. The van der Waals surface area contributed by atoms with Gasteiger partial charge < -0.3 is 5.32 Å². The number of hydrogen-bond acceptors (Lipinski definition) is 3. The highest BCUT2D eigenvalue weighted by molar-refractivity contribution is 5.94. The number of aryl methyl sites for hydroxylation is 3. The Hall–Kier alpha value is -3.16. The van der Waals surface area contributed by atoms with Gasteiger partial charge in [0.15, 0.2) is 0 Å². The molecule has 1 aromatic heterocycles. The molecule has 0 saturated heterocycles. The predicted octanol–water partition coefficient (Wildman–Crippen LogP) is 5.18. The molecule has 3 rings (SSSR count). The van der Waals surface area contributed by atoms with Gasteiger partial charge in [0, 0.05) is 5.69 Å². The summed E-state index contributed by atoms with van der Waals surface area (Å²) >= 11 is 0. The van der Waals surface area contributed by atoms with Crippen molar-refractivity contribution >= 4 is 22.6 Å². The monoisotopic (exact) mass is 431 g/mol. The van der Waals surface area contributed by atoms with E-state index in [0.717, 1.165) is 27.7 Å². The van der Waals surface area contributed by atoms with Crippen LogP contribution in [-0.2, 0) is 17.4 Å². The number of carbonyl (C=O) groups excluding carboxylic acids is 1. The van der Waals surface area contributed by atoms with Gasteiger partial charge >= 0.3 is 6.18 Å². The summed E-state index contributed by atoms with van der Waals surface area (Å²) < 4.78 is 41.6. The number of amides is 1. The van der Waals surface area contributed by atoms with Crippen molar-refractivity contribution in [2.24, 2.45) is 0 Å². The number of nitrogens with one attached hydrogen (secondary N) is 1. The molecule has 164 valence electrons. The zero-order chi connectivity index (χ0) is 22.9. The van der Waals surface area contributed by atoms with E-state index in [4.69, 9.17) is 0 Å². The third-order valence-electron chi connectivity index (χ3n) is 5.40. The van der Waals surface area contributed by atoms with Crippen LogP contribution in [0.5, 0.6) is 0 Å². The Morgan fingerprint density at radius 2 is 1.71 bits per heavy atom. The molecule has 0 unspecified atom stereocenters. The lowest BCUT2D eigenvalue weighted by Crippen LogP contribution is -2.37. The Kier molecular flexibility index (Phi) is 6.20. The summed E-state index contributed by atoms with van der Waals surface area (Å²) in [5.74, 6) is -0.562. The average Bonchev–Trinajstić information content (AvgIpc) is 2.71. The van der Waals surface area contributed by atoms with Crippen molar-refractivity contribution in [2.75, 3.05) is 5.32 Å². The van der Waals surface area contributed by atoms with Gasteiger partial charge in [-0.3, -0.25) is 14.2 Å². The molecular formula is C23H24F3N3O2. The number of nitrogens with zero attached hydrogens (tertiary/aromatic N) is 2. The fraction of sp³-hybridized carbons (Fsp3) is 0.348. The molecule has 0 aliphatic heterocycles. The maximum absolute atomic E-state index is 13.5. The van der Waals surface area contributed by atoms with Crippen molar-refractivity contribution in [1.82, 2.24) is 9.55 Å². The number of halogens is 3. The van der Waals surface area contributed by atoms with Gasteiger partial charge in [0.25, 0.3) is 5.56 Å². The minimum Gasteiger partial charge on any atom is -0.324 e. The van der Waals surface area contributed by atoms with Crippen molar-refractivity contribution in [3.05, 3.63) is 69.1 Å². The van der Waals surface area contributed by atoms with Crippen LogP contribution in [0.1, 0.15) is 48.7 Å². The zero-order valence-electron chi connectivity index (χ0n) is 17.8. The molecule has 0 spiro atoms. The van der Waals surface area contributed by atoms with Crippen molar-refractivity contribution in [1.29, 1.82) is 0 Å². The molecule has 1 heterocycles. The van der Waals surface area contributed by atoms with Crippen LogP contribution >= 0.6 is 0 Å². The number of hydrogen-bond donors (Lipinski definition) is 1. The van der Waals surface area contributed by atoms with Gasteiger partial charge in [-0.1, -0.05) is 26.0 Å². The molecule has 31 heavy (non-hydrogen) atoms. The molecule has 5 nitrogen and oxygen atoms in total. The van der Waals surface area contributed by atoms with E-state index in [1.807, 2.05) is 19.1 Å². The van der Waals surface area contributed by atoms with Gasteiger partial charge in [-0.25, -0.2) is 4.98 Å². The van der Waals surface area contributed by atoms with E-state index in [0.29, 0.717) is 5.69 Å². The molecule has 3 aromatic rings. The van der Waals surface area contributed by atoms with Crippen LogP contribution in [-0.4, -0.2) is 15.5 Å². The lowest BCUT2D eigenvalue weighted by molar-refractivity contribution is -0.142.